The molecule has 1 unspecified atom stereocenters. The molecule has 132 valence electrons. The second-order valence-electron chi connectivity index (χ2n) is 6.21. The zero-order valence-electron chi connectivity index (χ0n) is 14.1. The van der Waals surface area contributed by atoms with Gasteiger partial charge in [-0.15, -0.1) is 11.8 Å². The molecule has 1 atom stereocenters. The highest BCUT2D eigenvalue weighted by atomic mass is 32.2. The summed E-state index contributed by atoms with van der Waals surface area (Å²) in [5, 5.41) is 0. The van der Waals surface area contributed by atoms with Gasteiger partial charge < -0.3 is 4.90 Å². The molecule has 4 nitrogen and oxygen atoms in total. The molecule has 1 aliphatic rings. The van der Waals surface area contributed by atoms with Crippen molar-refractivity contribution < 1.29 is 13.2 Å². The van der Waals surface area contributed by atoms with Gasteiger partial charge in [-0.25, -0.2) is 8.42 Å². The summed E-state index contributed by atoms with van der Waals surface area (Å²) in [7, 11) is -3.06. The maximum atomic E-state index is 12.9. The molecule has 0 N–H and O–H groups in total. The van der Waals surface area contributed by atoms with Gasteiger partial charge in [0.1, 0.15) is 0 Å². The Kier molecular flexibility index (Phi) is 5.49. The second-order valence-corrected chi connectivity index (χ2v) is 9.46. The predicted octanol–water partition coefficient (Wildman–Crippen LogP) is 3.31. The Morgan fingerprint density at radius 2 is 1.80 bits per heavy atom. The number of sulfone groups is 1. The van der Waals surface area contributed by atoms with Crippen LogP contribution >= 0.6 is 11.8 Å². The van der Waals surface area contributed by atoms with Crippen molar-refractivity contribution in [1.29, 1.82) is 0 Å². The van der Waals surface area contributed by atoms with Crippen molar-refractivity contribution in [2.75, 3.05) is 22.2 Å². The van der Waals surface area contributed by atoms with Gasteiger partial charge in [0.05, 0.1) is 23.3 Å². The molecule has 0 bridgehead atoms. The molecule has 1 fully saturated rings. The van der Waals surface area contributed by atoms with Crippen molar-refractivity contribution in [1.82, 2.24) is 0 Å². The Hall–Kier alpha value is -1.79. The van der Waals surface area contributed by atoms with Crippen molar-refractivity contribution >= 4 is 33.2 Å². The van der Waals surface area contributed by atoms with Crippen LogP contribution in [-0.2, 0) is 14.6 Å². The molecule has 0 saturated carbocycles. The van der Waals surface area contributed by atoms with Crippen molar-refractivity contribution in [2.24, 2.45) is 0 Å². The fourth-order valence-corrected chi connectivity index (χ4v) is 5.64. The fourth-order valence-electron chi connectivity index (χ4n) is 3.05. The van der Waals surface area contributed by atoms with E-state index in [1.807, 2.05) is 61.5 Å². The number of nitrogens with zero attached hydrogens (tertiary/aromatic N) is 1. The summed E-state index contributed by atoms with van der Waals surface area (Å²) >= 11 is 1.50. The monoisotopic (exact) mass is 375 g/mol. The normalized spacial score (nSPS) is 18.8. The van der Waals surface area contributed by atoms with Gasteiger partial charge >= 0.3 is 0 Å². The first-order valence-electron chi connectivity index (χ1n) is 8.22. The summed E-state index contributed by atoms with van der Waals surface area (Å²) in [5.74, 6) is 0.430. The van der Waals surface area contributed by atoms with E-state index in [1.165, 1.54) is 11.8 Å². The van der Waals surface area contributed by atoms with E-state index in [4.69, 9.17) is 0 Å². The molecule has 1 saturated heterocycles. The predicted molar refractivity (Wildman–Crippen MR) is 103 cm³/mol. The smallest absolute Gasteiger partial charge is 0.237 e. The molecule has 1 amide bonds. The number of carbonyl (C=O) groups excluding carboxylic acids is 1. The van der Waals surface area contributed by atoms with Gasteiger partial charge in [0.15, 0.2) is 9.84 Å². The first-order valence-corrected chi connectivity index (χ1v) is 11.0. The number of para-hydroxylation sites is 1. The number of anilines is 1. The number of aryl methyl sites for hydroxylation is 1. The van der Waals surface area contributed by atoms with Gasteiger partial charge in [-0.1, -0.05) is 36.4 Å². The Labute approximate surface area is 153 Å². The highest BCUT2D eigenvalue weighted by molar-refractivity contribution is 8.00. The van der Waals surface area contributed by atoms with Crippen molar-refractivity contribution in [2.45, 2.75) is 24.3 Å². The second kappa shape index (κ2) is 7.62. The van der Waals surface area contributed by atoms with Crippen LogP contribution < -0.4 is 4.90 Å². The molecule has 6 heteroatoms. The quantitative estimate of drug-likeness (QED) is 0.753. The Morgan fingerprint density at radius 3 is 2.44 bits per heavy atom. The van der Waals surface area contributed by atoms with Crippen LogP contribution in [-0.4, -0.2) is 37.6 Å². The van der Waals surface area contributed by atoms with Gasteiger partial charge in [0.2, 0.25) is 5.91 Å². The van der Waals surface area contributed by atoms with E-state index < -0.39 is 9.84 Å². The standard InChI is InChI=1S/C19H21NO3S2/c1-15-7-5-6-10-18(15)24-13-19(21)20(16-8-3-2-4-9-16)17-11-12-25(22,23)14-17/h2-10,17H,11-14H2,1H3. The molecule has 2 aromatic carbocycles. The van der Waals surface area contributed by atoms with E-state index in [0.29, 0.717) is 6.42 Å². The van der Waals surface area contributed by atoms with Gasteiger partial charge in [0, 0.05) is 10.6 Å². The lowest BCUT2D eigenvalue weighted by Gasteiger charge is -2.28. The zero-order valence-corrected chi connectivity index (χ0v) is 15.7. The van der Waals surface area contributed by atoms with Crippen LogP contribution in [0.5, 0.6) is 0 Å². The van der Waals surface area contributed by atoms with Crippen LogP contribution in [0.3, 0.4) is 0 Å². The summed E-state index contributed by atoms with van der Waals surface area (Å²) in [6.07, 6.45) is 0.498. The van der Waals surface area contributed by atoms with Gasteiger partial charge in [-0.2, -0.15) is 0 Å². The summed E-state index contributed by atoms with van der Waals surface area (Å²) < 4.78 is 23.8. The summed E-state index contributed by atoms with van der Waals surface area (Å²) in [6.45, 7) is 2.02. The van der Waals surface area contributed by atoms with Gasteiger partial charge in [0.25, 0.3) is 0 Å². The minimum absolute atomic E-state index is 0.0443. The topological polar surface area (TPSA) is 54.5 Å². The lowest BCUT2D eigenvalue weighted by molar-refractivity contribution is -0.116. The molecule has 1 aliphatic heterocycles. The van der Waals surface area contributed by atoms with Gasteiger partial charge in [-0.3, -0.25) is 4.79 Å². The molecule has 0 spiro atoms. The van der Waals surface area contributed by atoms with E-state index in [1.54, 1.807) is 4.90 Å². The molecule has 3 rings (SSSR count). The molecular weight excluding hydrogens is 354 g/mol. The van der Waals surface area contributed by atoms with Crippen molar-refractivity contribution in [3.05, 3.63) is 60.2 Å². The first-order chi connectivity index (χ1) is 12.0. The summed E-state index contributed by atoms with van der Waals surface area (Å²) in [5.41, 5.74) is 1.90. The maximum Gasteiger partial charge on any atom is 0.237 e. The molecule has 25 heavy (non-hydrogen) atoms. The molecule has 2 aromatic rings. The minimum Gasteiger partial charge on any atom is -0.308 e. The largest absolute Gasteiger partial charge is 0.308 e. The van der Waals surface area contributed by atoms with E-state index >= 15 is 0 Å². The molecule has 0 aliphatic carbocycles. The number of rotatable bonds is 5. The van der Waals surface area contributed by atoms with Crippen LogP contribution in [0.4, 0.5) is 5.69 Å². The number of hydrogen-bond acceptors (Lipinski definition) is 4. The summed E-state index contributed by atoms with van der Waals surface area (Å²) in [6, 6.07) is 17.0. The fraction of sp³-hybridized carbons (Fsp3) is 0.316. The Morgan fingerprint density at radius 1 is 1.12 bits per heavy atom. The van der Waals surface area contributed by atoms with E-state index in [2.05, 4.69) is 0 Å². The lowest BCUT2D eigenvalue weighted by atomic mass is 10.2. The minimum atomic E-state index is -3.06. The number of amides is 1. The van der Waals surface area contributed by atoms with Crippen LogP contribution in [0.15, 0.2) is 59.5 Å². The average Bonchev–Trinajstić information content (AvgIpc) is 2.95. The third-order valence-corrected chi connectivity index (χ3v) is 7.23. The van der Waals surface area contributed by atoms with Crippen LogP contribution in [0.1, 0.15) is 12.0 Å². The molecular formula is C19H21NO3S2. The Balaban J connectivity index is 1.79. The lowest BCUT2D eigenvalue weighted by Crippen LogP contribution is -2.42. The van der Waals surface area contributed by atoms with E-state index in [0.717, 1.165) is 16.1 Å². The third-order valence-electron chi connectivity index (χ3n) is 4.32. The van der Waals surface area contributed by atoms with E-state index in [-0.39, 0.29) is 29.2 Å². The van der Waals surface area contributed by atoms with Crippen LogP contribution in [0, 0.1) is 6.92 Å². The highest BCUT2D eigenvalue weighted by Crippen LogP contribution is 2.27. The van der Waals surface area contributed by atoms with Crippen molar-refractivity contribution in [3.63, 3.8) is 0 Å². The SMILES string of the molecule is Cc1ccccc1SCC(=O)N(c1ccccc1)C1CCS(=O)(=O)C1. The number of carbonyl (C=O) groups is 1. The Bertz CT molecular complexity index is 850. The van der Waals surface area contributed by atoms with Crippen molar-refractivity contribution in [3.8, 4) is 0 Å². The van der Waals surface area contributed by atoms with E-state index in [9.17, 15) is 13.2 Å². The number of thioether (sulfide) groups is 1. The maximum absolute atomic E-state index is 12.9. The summed E-state index contributed by atoms with van der Waals surface area (Å²) in [4.78, 5) is 15.7. The van der Waals surface area contributed by atoms with Crippen LogP contribution in [0.2, 0.25) is 0 Å². The third kappa shape index (κ3) is 4.44. The first kappa shape index (κ1) is 18.0. The number of benzene rings is 2. The zero-order chi connectivity index (χ0) is 17.9. The molecule has 0 radical (unpaired) electrons. The average molecular weight is 376 g/mol. The van der Waals surface area contributed by atoms with Crippen LogP contribution in [0.25, 0.3) is 0 Å². The van der Waals surface area contributed by atoms with Gasteiger partial charge in [-0.05, 0) is 37.1 Å². The number of hydrogen-bond donors (Lipinski definition) is 0. The molecule has 1 heterocycles. The highest BCUT2D eigenvalue weighted by Gasteiger charge is 2.35. The molecule has 0 aromatic heterocycles.